The van der Waals surface area contributed by atoms with Gasteiger partial charge in [0.2, 0.25) is 0 Å². The quantitative estimate of drug-likeness (QED) is 0.791. The van der Waals surface area contributed by atoms with Crippen molar-refractivity contribution in [2.24, 2.45) is 5.73 Å². The van der Waals surface area contributed by atoms with Gasteiger partial charge in [0.15, 0.2) is 0 Å². The Morgan fingerprint density at radius 3 is 2.93 bits per heavy atom. The summed E-state index contributed by atoms with van der Waals surface area (Å²) in [4.78, 5) is 13.9. The van der Waals surface area contributed by atoms with E-state index < -0.39 is 0 Å². The minimum Gasteiger partial charge on any atom is -0.472 e. The van der Waals surface area contributed by atoms with Crippen LogP contribution >= 0.6 is 0 Å². The number of nitrogens with two attached hydrogens (primary N) is 1. The molecule has 0 saturated heterocycles. The SMILES string of the molecule is NCCCN(C(=O)c1ccoc1)C1CC1. The highest BCUT2D eigenvalue weighted by Crippen LogP contribution is 2.28. The molecule has 1 aromatic heterocycles. The lowest BCUT2D eigenvalue weighted by atomic mass is 10.2. The average Bonchev–Trinajstić information content (AvgIpc) is 2.94. The van der Waals surface area contributed by atoms with Crippen LogP contribution in [0.25, 0.3) is 0 Å². The maximum atomic E-state index is 12.0. The van der Waals surface area contributed by atoms with Crippen molar-refractivity contribution in [3.8, 4) is 0 Å². The number of hydrogen-bond donors (Lipinski definition) is 1. The molecule has 2 N–H and O–H groups in total. The second-order valence-corrected chi connectivity index (χ2v) is 3.88. The number of hydrogen-bond acceptors (Lipinski definition) is 3. The Balaban J connectivity index is 2.01. The molecule has 2 rings (SSSR count). The molecule has 1 heterocycles. The first-order valence-electron chi connectivity index (χ1n) is 5.36. The summed E-state index contributed by atoms with van der Waals surface area (Å²) in [6.07, 6.45) is 6.13. The lowest BCUT2D eigenvalue weighted by Crippen LogP contribution is -2.34. The topological polar surface area (TPSA) is 59.5 Å². The predicted octanol–water partition coefficient (Wildman–Crippen LogP) is 1.23. The molecule has 1 fully saturated rings. The molecule has 1 aliphatic carbocycles. The summed E-state index contributed by atoms with van der Waals surface area (Å²) in [5.41, 5.74) is 6.10. The molecule has 4 nitrogen and oxygen atoms in total. The second-order valence-electron chi connectivity index (χ2n) is 3.88. The predicted molar refractivity (Wildman–Crippen MR) is 56.4 cm³/mol. The summed E-state index contributed by atoms with van der Waals surface area (Å²) in [5, 5.41) is 0. The van der Waals surface area contributed by atoms with Gasteiger partial charge in [-0.2, -0.15) is 0 Å². The van der Waals surface area contributed by atoms with Crippen molar-refractivity contribution in [3.63, 3.8) is 0 Å². The Labute approximate surface area is 89.0 Å². The van der Waals surface area contributed by atoms with Crippen molar-refractivity contribution in [1.29, 1.82) is 0 Å². The Hall–Kier alpha value is -1.29. The van der Waals surface area contributed by atoms with Crippen LogP contribution in [-0.2, 0) is 0 Å². The Morgan fingerprint density at radius 1 is 1.60 bits per heavy atom. The molecule has 0 aliphatic heterocycles. The van der Waals surface area contributed by atoms with Crippen molar-refractivity contribution in [2.45, 2.75) is 25.3 Å². The number of carbonyl (C=O) groups is 1. The van der Waals surface area contributed by atoms with Crippen molar-refractivity contribution < 1.29 is 9.21 Å². The van der Waals surface area contributed by atoms with Gasteiger partial charge < -0.3 is 15.1 Å². The van der Waals surface area contributed by atoms with E-state index >= 15 is 0 Å². The molecule has 1 amide bonds. The number of furan rings is 1. The fraction of sp³-hybridized carbons (Fsp3) is 0.545. The fourth-order valence-electron chi connectivity index (χ4n) is 1.65. The summed E-state index contributed by atoms with van der Waals surface area (Å²) in [6.45, 7) is 1.38. The maximum Gasteiger partial charge on any atom is 0.257 e. The normalized spacial score (nSPS) is 15.3. The molecular formula is C11H16N2O2. The van der Waals surface area contributed by atoms with Crippen LogP contribution in [0.1, 0.15) is 29.6 Å². The van der Waals surface area contributed by atoms with Gasteiger partial charge in [-0.1, -0.05) is 0 Å². The number of amides is 1. The maximum absolute atomic E-state index is 12.0. The van der Waals surface area contributed by atoms with Gasteiger partial charge in [-0.15, -0.1) is 0 Å². The molecule has 0 atom stereocenters. The van der Waals surface area contributed by atoms with E-state index in [9.17, 15) is 4.79 Å². The standard InChI is InChI=1S/C11H16N2O2/c12-5-1-6-13(10-2-3-10)11(14)9-4-7-15-8-9/h4,7-8,10H,1-3,5-6,12H2. The van der Waals surface area contributed by atoms with Gasteiger partial charge in [0, 0.05) is 12.6 Å². The molecule has 0 aromatic carbocycles. The van der Waals surface area contributed by atoms with E-state index in [0.29, 0.717) is 18.2 Å². The average molecular weight is 208 g/mol. The summed E-state index contributed by atoms with van der Waals surface area (Å²) in [5.74, 6) is 0.0692. The van der Waals surface area contributed by atoms with E-state index in [1.165, 1.54) is 12.5 Å². The Morgan fingerprint density at radius 2 is 2.40 bits per heavy atom. The molecule has 0 spiro atoms. The third kappa shape index (κ3) is 2.39. The van der Waals surface area contributed by atoms with E-state index in [1.807, 2.05) is 4.90 Å². The highest BCUT2D eigenvalue weighted by molar-refractivity contribution is 5.94. The number of carbonyl (C=O) groups excluding carboxylic acids is 1. The molecular weight excluding hydrogens is 192 g/mol. The van der Waals surface area contributed by atoms with Crippen molar-refractivity contribution in [1.82, 2.24) is 4.90 Å². The molecule has 15 heavy (non-hydrogen) atoms. The van der Waals surface area contributed by atoms with Crippen molar-refractivity contribution in [3.05, 3.63) is 24.2 Å². The molecule has 4 heteroatoms. The molecule has 82 valence electrons. The Kier molecular flexibility index (Phi) is 3.06. The lowest BCUT2D eigenvalue weighted by molar-refractivity contribution is 0.0741. The molecule has 0 bridgehead atoms. The minimum absolute atomic E-state index is 0.0692. The van der Waals surface area contributed by atoms with Gasteiger partial charge in [0.1, 0.15) is 6.26 Å². The van der Waals surface area contributed by atoms with Gasteiger partial charge in [-0.25, -0.2) is 0 Å². The van der Waals surface area contributed by atoms with Crippen molar-refractivity contribution >= 4 is 5.91 Å². The van der Waals surface area contributed by atoms with Crippen LogP contribution in [0.15, 0.2) is 23.0 Å². The zero-order valence-corrected chi connectivity index (χ0v) is 8.69. The molecule has 0 radical (unpaired) electrons. The first-order valence-corrected chi connectivity index (χ1v) is 5.36. The Bertz CT molecular complexity index is 317. The van der Waals surface area contributed by atoms with E-state index in [-0.39, 0.29) is 5.91 Å². The first kappa shape index (κ1) is 10.2. The van der Waals surface area contributed by atoms with Crippen LogP contribution in [0, 0.1) is 0 Å². The summed E-state index contributed by atoms with van der Waals surface area (Å²) in [6, 6.07) is 2.14. The summed E-state index contributed by atoms with van der Waals surface area (Å²) < 4.78 is 4.92. The highest BCUT2D eigenvalue weighted by Gasteiger charge is 2.32. The van der Waals surface area contributed by atoms with Crippen molar-refractivity contribution in [2.75, 3.05) is 13.1 Å². The third-order valence-electron chi connectivity index (χ3n) is 2.62. The molecule has 1 saturated carbocycles. The third-order valence-corrected chi connectivity index (χ3v) is 2.62. The lowest BCUT2D eigenvalue weighted by Gasteiger charge is -2.21. The van der Waals surface area contributed by atoms with E-state index in [2.05, 4.69) is 0 Å². The molecule has 0 unspecified atom stereocenters. The van der Waals surface area contributed by atoms with Gasteiger partial charge in [0.05, 0.1) is 11.8 Å². The second kappa shape index (κ2) is 4.49. The summed E-state index contributed by atoms with van der Waals surface area (Å²) in [7, 11) is 0. The number of rotatable bonds is 5. The van der Waals surface area contributed by atoms with E-state index in [1.54, 1.807) is 6.07 Å². The fourth-order valence-corrected chi connectivity index (χ4v) is 1.65. The minimum atomic E-state index is 0.0692. The van der Waals surface area contributed by atoms with Gasteiger partial charge in [0.25, 0.3) is 5.91 Å². The zero-order valence-electron chi connectivity index (χ0n) is 8.69. The van der Waals surface area contributed by atoms with Gasteiger partial charge in [-0.05, 0) is 31.9 Å². The van der Waals surface area contributed by atoms with Crippen LogP contribution in [0.3, 0.4) is 0 Å². The molecule has 1 aromatic rings. The smallest absolute Gasteiger partial charge is 0.257 e. The van der Waals surface area contributed by atoms with Crippen LogP contribution in [-0.4, -0.2) is 29.9 Å². The first-order chi connectivity index (χ1) is 7.33. The summed E-state index contributed by atoms with van der Waals surface area (Å²) >= 11 is 0. The monoisotopic (exact) mass is 208 g/mol. The van der Waals surface area contributed by atoms with Crippen LogP contribution in [0.5, 0.6) is 0 Å². The van der Waals surface area contributed by atoms with E-state index in [4.69, 9.17) is 10.2 Å². The van der Waals surface area contributed by atoms with Gasteiger partial charge >= 0.3 is 0 Å². The highest BCUT2D eigenvalue weighted by atomic mass is 16.3. The van der Waals surface area contributed by atoms with Gasteiger partial charge in [-0.3, -0.25) is 4.79 Å². The largest absolute Gasteiger partial charge is 0.472 e. The van der Waals surface area contributed by atoms with E-state index in [0.717, 1.165) is 25.8 Å². The van der Waals surface area contributed by atoms with Crippen LogP contribution in [0.4, 0.5) is 0 Å². The van der Waals surface area contributed by atoms with Crippen LogP contribution in [0.2, 0.25) is 0 Å². The van der Waals surface area contributed by atoms with Crippen LogP contribution < -0.4 is 5.73 Å². The number of nitrogens with zero attached hydrogens (tertiary/aromatic N) is 1. The molecule has 1 aliphatic rings. The zero-order chi connectivity index (χ0) is 10.7.